The predicted molar refractivity (Wildman–Crippen MR) is 80.6 cm³/mol. The van der Waals surface area contributed by atoms with E-state index in [0.29, 0.717) is 12.0 Å². The molecule has 0 saturated heterocycles. The predicted octanol–water partition coefficient (Wildman–Crippen LogP) is 4.59. The zero-order chi connectivity index (χ0) is 14.9. The van der Waals surface area contributed by atoms with Gasteiger partial charge in [-0.25, -0.2) is 8.78 Å². The van der Waals surface area contributed by atoms with Gasteiger partial charge in [0, 0.05) is 16.6 Å². The first-order valence-electron chi connectivity index (χ1n) is 6.34. The van der Waals surface area contributed by atoms with Crippen LogP contribution in [0.25, 0.3) is 0 Å². The largest absolute Gasteiger partial charge is 0.324 e. The number of benzene rings is 2. The van der Waals surface area contributed by atoms with Gasteiger partial charge in [-0.15, -0.1) is 0 Å². The van der Waals surface area contributed by atoms with Crippen LogP contribution in [-0.2, 0) is 6.42 Å². The first-order chi connectivity index (χ1) is 9.38. The molecule has 1 unspecified atom stereocenters. The van der Waals surface area contributed by atoms with Crippen LogP contribution in [0.3, 0.4) is 0 Å². The van der Waals surface area contributed by atoms with Gasteiger partial charge >= 0.3 is 0 Å². The Morgan fingerprint density at radius 3 is 2.25 bits per heavy atom. The summed E-state index contributed by atoms with van der Waals surface area (Å²) < 4.78 is 27.6. The molecule has 2 aromatic rings. The molecule has 0 spiro atoms. The average molecular weight is 340 g/mol. The van der Waals surface area contributed by atoms with E-state index < -0.39 is 11.6 Å². The fraction of sp³-hybridized carbons (Fsp3) is 0.250. The van der Waals surface area contributed by atoms with E-state index in [0.717, 1.165) is 27.2 Å². The van der Waals surface area contributed by atoms with Crippen molar-refractivity contribution in [1.29, 1.82) is 0 Å². The molecule has 2 rings (SSSR count). The summed E-state index contributed by atoms with van der Waals surface area (Å²) in [4.78, 5) is 0. The molecule has 0 aliphatic heterocycles. The van der Waals surface area contributed by atoms with Crippen molar-refractivity contribution in [1.82, 2.24) is 0 Å². The minimum absolute atomic E-state index is 0.319. The van der Waals surface area contributed by atoms with Gasteiger partial charge in [-0.3, -0.25) is 0 Å². The standard InChI is InChI=1S/C16H16BrF2N/c1-9-5-12(6-10(2)16(9)17)15(20)7-11-3-4-13(18)8-14(11)19/h3-6,8,15H,7,20H2,1-2H3. The molecule has 106 valence electrons. The Labute approximate surface area is 125 Å². The summed E-state index contributed by atoms with van der Waals surface area (Å²) >= 11 is 3.51. The number of nitrogens with two attached hydrogens (primary N) is 1. The highest BCUT2D eigenvalue weighted by Crippen LogP contribution is 2.26. The van der Waals surface area contributed by atoms with E-state index >= 15 is 0 Å². The molecule has 20 heavy (non-hydrogen) atoms. The Bertz CT molecular complexity index is 617. The maximum Gasteiger partial charge on any atom is 0.129 e. The molecule has 1 nitrogen and oxygen atoms in total. The molecular formula is C16H16BrF2N. The Morgan fingerprint density at radius 1 is 1.10 bits per heavy atom. The van der Waals surface area contributed by atoms with Crippen LogP contribution in [0.15, 0.2) is 34.8 Å². The van der Waals surface area contributed by atoms with Gasteiger partial charge in [-0.05, 0) is 48.6 Å². The van der Waals surface area contributed by atoms with E-state index in [9.17, 15) is 8.78 Å². The maximum atomic E-state index is 13.6. The van der Waals surface area contributed by atoms with Gasteiger partial charge in [0.15, 0.2) is 0 Å². The third kappa shape index (κ3) is 3.25. The minimum atomic E-state index is -0.574. The first-order valence-corrected chi connectivity index (χ1v) is 7.14. The third-order valence-electron chi connectivity index (χ3n) is 3.34. The number of hydrogen-bond acceptors (Lipinski definition) is 1. The average Bonchev–Trinajstić information content (AvgIpc) is 2.38. The van der Waals surface area contributed by atoms with Crippen LogP contribution in [0.2, 0.25) is 0 Å². The van der Waals surface area contributed by atoms with Gasteiger partial charge in [0.05, 0.1) is 0 Å². The van der Waals surface area contributed by atoms with E-state index in [2.05, 4.69) is 15.9 Å². The lowest BCUT2D eigenvalue weighted by molar-refractivity contribution is 0.563. The summed E-state index contributed by atoms with van der Waals surface area (Å²) in [5.74, 6) is -1.12. The SMILES string of the molecule is Cc1cc(C(N)Cc2ccc(F)cc2F)cc(C)c1Br. The quantitative estimate of drug-likeness (QED) is 0.869. The van der Waals surface area contributed by atoms with E-state index in [1.165, 1.54) is 12.1 Å². The van der Waals surface area contributed by atoms with Crippen molar-refractivity contribution in [3.8, 4) is 0 Å². The van der Waals surface area contributed by atoms with Crippen molar-refractivity contribution in [2.75, 3.05) is 0 Å². The highest BCUT2D eigenvalue weighted by Gasteiger charge is 2.13. The van der Waals surface area contributed by atoms with Crippen LogP contribution in [0.5, 0.6) is 0 Å². The van der Waals surface area contributed by atoms with E-state index in [4.69, 9.17) is 5.73 Å². The van der Waals surface area contributed by atoms with Gasteiger partial charge in [-0.1, -0.05) is 34.1 Å². The molecule has 4 heteroatoms. The van der Waals surface area contributed by atoms with E-state index in [-0.39, 0.29) is 6.04 Å². The smallest absolute Gasteiger partial charge is 0.129 e. The Balaban J connectivity index is 2.26. The second kappa shape index (κ2) is 6.02. The zero-order valence-corrected chi connectivity index (χ0v) is 13.0. The molecule has 2 N–H and O–H groups in total. The van der Waals surface area contributed by atoms with Crippen LogP contribution in [-0.4, -0.2) is 0 Å². The fourth-order valence-corrected chi connectivity index (χ4v) is 2.46. The molecule has 0 heterocycles. The third-order valence-corrected chi connectivity index (χ3v) is 4.59. The lowest BCUT2D eigenvalue weighted by atomic mass is 9.96. The number of aryl methyl sites for hydroxylation is 2. The highest BCUT2D eigenvalue weighted by atomic mass is 79.9. The lowest BCUT2D eigenvalue weighted by Gasteiger charge is -2.15. The first kappa shape index (κ1) is 15.1. The van der Waals surface area contributed by atoms with Crippen LogP contribution in [0.4, 0.5) is 8.78 Å². The highest BCUT2D eigenvalue weighted by molar-refractivity contribution is 9.10. The minimum Gasteiger partial charge on any atom is -0.324 e. The van der Waals surface area contributed by atoms with Gasteiger partial charge < -0.3 is 5.73 Å². The summed E-state index contributed by atoms with van der Waals surface area (Å²) in [6, 6.07) is 7.25. The monoisotopic (exact) mass is 339 g/mol. The molecule has 0 aromatic heterocycles. The van der Waals surface area contributed by atoms with E-state index in [1.54, 1.807) is 0 Å². The Hall–Kier alpha value is -1.26. The molecule has 1 atom stereocenters. The molecule has 0 fully saturated rings. The molecule has 0 radical (unpaired) electrons. The lowest BCUT2D eigenvalue weighted by Crippen LogP contribution is -2.15. The molecular weight excluding hydrogens is 324 g/mol. The maximum absolute atomic E-state index is 13.6. The summed E-state index contributed by atoms with van der Waals surface area (Å²) in [6.07, 6.45) is 0.340. The van der Waals surface area contributed by atoms with Crippen molar-refractivity contribution in [2.24, 2.45) is 5.73 Å². The Morgan fingerprint density at radius 2 is 1.70 bits per heavy atom. The van der Waals surface area contributed by atoms with Gasteiger partial charge in [0.1, 0.15) is 11.6 Å². The van der Waals surface area contributed by atoms with Gasteiger partial charge in [0.2, 0.25) is 0 Å². The Kier molecular flexibility index (Phi) is 4.55. The van der Waals surface area contributed by atoms with Crippen molar-refractivity contribution in [2.45, 2.75) is 26.3 Å². The zero-order valence-electron chi connectivity index (χ0n) is 11.4. The summed E-state index contributed by atoms with van der Waals surface area (Å²) in [7, 11) is 0. The number of hydrogen-bond donors (Lipinski definition) is 1. The van der Waals surface area contributed by atoms with Crippen LogP contribution < -0.4 is 5.73 Å². The second-order valence-corrected chi connectivity index (χ2v) is 5.81. The fourth-order valence-electron chi connectivity index (χ4n) is 2.24. The second-order valence-electron chi connectivity index (χ2n) is 5.02. The van der Waals surface area contributed by atoms with Crippen molar-refractivity contribution >= 4 is 15.9 Å². The molecule has 0 saturated carbocycles. The number of halogens is 3. The van der Waals surface area contributed by atoms with Crippen LogP contribution in [0, 0.1) is 25.5 Å². The van der Waals surface area contributed by atoms with Crippen molar-refractivity contribution in [3.05, 3.63) is 68.7 Å². The van der Waals surface area contributed by atoms with Crippen LogP contribution >= 0.6 is 15.9 Å². The summed E-state index contributed by atoms with van der Waals surface area (Å²) in [5, 5.41) is 0. The molecule has 0 bridgehead atoms. The number of rotatable bonds is 3. The van der Waals surface area contributed by atoms with Gasteiger partial charge in [-0.2, -0.15) is 0 Å². The van der Waals surface area contributed by atoms with E-state index in [1.807, 2.05) is 26.0 Å². The van der Waals surface area contributed by atoms with Crippen molar-refractivity contribution < 1.29 is 8.78 Å². The normalized spacial score (nSPS) is 12.5. The molecule has 2 aromatic carbocycles. The summed E-state index contributed by atoms with van der Waals surface area (Å²) in [5.41, 5.74) is 9.71. The summed E-state index contributed by atoms with van der Waals surface area (Å²) in [6.45, 7) is 3.98. The van der Waals surface area contributed by atoms with Crippen LogP contribution in [0.1, 0.15) is 28.3 Å². The molecule has 0 aliphatic rings. The van der Waals surface area contributed by atoms with Gasteiger partial charge in [0.25, 0.3) is 0 Å². The topological polar surface area (TPSA) is 26.0 Å². The molecule has 0 amide bonds. The van der Waals surface area contributed by atoms with Crippen molar-refractivity contribution in [3.63, 3.8) is 0 Å². The molecule has 0 aliphatic carbocycles.